The molecule has 0 saturated carbocycles. The summed E-state index contributed by atoms with van der Waals surface area (Å²) < 4.78 is 2.14. The third-order valence-corrected chi connectivity index (χ3v) is 7.49. The van der Waals surface area contributed by atoms with Crippen molar-refractivity contribution in [3.05, 3.63) is 44.7 Å². The van der Waals surface area contributed by atoms with E-state index >= 15 is 0 Å². The third kappa shape index (κ3) is 4.35. The number of thioether (sulfide) groups is 1. The number of piperidine rings is 1. The molecule has 1 amide bonds. The van der Waals surface area contributed by atoms with Crippen LogP contribution < -0.4 is 10.5 Å². The zero-order valence-electron chi connectivity index (χ0n) is 19.1. The van der Waals surface area contributed by atoms with Crippen molar-refractivity contribution in [1.29, 1.82) is 0 Å². The van der Waals surface area contributed by atoms with Crippen molar-refractivity contribution in [2.24, 2.45) is 11.8 Å². The van der Waals surface area contributed by atoms with Crippen molar-refractivity contribution < 1.29 is 4.79 Å². The number of anilines is 1. The van der Waals surface area contributed by atoms with Gasteiger partial charge >= 0.3 is 0 Å². The van der Waals surface area contributed by atoms with E-state index < -0.39 is 0 Å². The van der Waals surface area contributed by atoms with Crippen LogP contribution in [0.3, 0.4) is 0 Å². The highest BCUT2D eigenvalue weighted by atomic mass is 32.2. The quantitative estimate of drug-likeness (QED) is 0.474. The van der Waals surface area contributed by atoms with Gasteiger partial charge in [0.25, 0.3) is 11.5 Å². The highest BCUT2D eigenvalue weighted by molar-refractivity contribution is 8.26. The van der Waals surface area contributed by atoms with Crippen LogP contribution in [0.15, 0.2) is 28.0 Å². The van der Waals surface area contributed by atoms with Crippen molar-refractivity contribution in [3.8, 4) is 0 Å². The molecule has 2 aliphatic heterocycles. The summed E-state index contributed by atoms with van der Waals surface area (Å²) >= 11 is 6.73. The summed E-state index contributed by atoms with van der Waals surface area (Å²) in [6.07, 6.45) is 6.50. The first kappa shape index (κ1) is 23.0. The molecule has 0 aliphatic carbocycles. The second kappa shape index (κ2) is 9.35. The Kier molecular flexibility index (Phi) is 6.72. The number of aryl methyl sites for hydroxylation is 1. The molecule has 0 aromatic carbocycles. The molecule has 8 heteroatoms. The number of rotatable bonds is 5. The predicted molar refractivity (Wildman–Crippen MR) is 136 cm³/mol. The summed E-state index contributed by atoms with van der Waals surface area (Å²) in [7, 11) is 0. The fourth-order valence-corrected chi connectivity index (χ4v) is 5.93. The average Bonchev–Trinajstić information content (AvgIpc) is 3.00. The van der Waals surface area contributed by atoms with Crippen LogP contribution in [0, 0.1) is 18.8 Å². The molecule has 0 spiro atoms. The van der Waals surface area contributed by atoms with Gasteiger partial charge in [-0.15, -0.1) is 0 Å². The number of nitrogens with zero attached hydrogens (tertiary/aromatic N) is 4. The molecule has 0 bridgehead atoms. The highest BCUT2D eigenvalue weighted by Crippen LogP contribution is 2.34. The molecule has 2 aromatic rings. The van der Waals surface area contributed by atoms with E-state index in [1.54, 1.807) is 21.6 Å². The van der Waals surface area contributed by atoms with Gasteiger partial charge in [0.1, 0.15) is 15.8 Å². The van der Waals surface area contributed by atoms with Gasteiger partial charge in [-0.2, -0.15) is 0 Å². The number of hydrogen-bond donors (Lipinski definition) is 0. The minimum absolute atomic E-state index is 0.117. The molecule has 2 saturated heterocycles. The molecule has 0 N–H and O–H groups in total. The molecule has 170 valence electrons. The minimum atomic E-state index is -0.154. The lowest BCUT2D eigenvalue weighted by molar-refractivity contribution is -0.122. The van der Waals surface area contributed by atoms with Gasteiger partial charge in [-0.05, 0) is 49.3 Å². The fourth-order valence-electron chi connectivity index (χ4n) is 4.64. The number of carbonyl (C=O) groups excluding carboxylic acids is 1. The predicted octanol–water partition coefficient (Wildman–Crippen LogP) is 4.49. The Morgan fingerprint density at radius 2 is 1.97 bits per heavy atom. The number of amides is 1. The standard InChI is InChI=1S/C24H30N4O2S2/c1-5-6-9-28-23(30)19(32-24(28)31)12-18-21(26-13-15(2)11-16(3)14-26)25-20-17(4)8-7-10-27(20)22(18)29/h7-8,10,12,15-16H,5-6,9,11,13-14H2,1-4H3/b19-12+/t15-,16-/m0/s1. The number of thiocarbonyl (C=S) groups is 1. The van der Waals surface area contributed by atoms with Crippen LogP contribution in [-0.4, -0.2) is 44.1 Å². The lowest BCUT2D eigenvalue weighted by atomic mass is 9.91. The summed E-state index contributed by atoms with van der Waals surface area (Å²) in [6, 6.07) is 3.82. The Balaban J connectivity index is 1.85. The van der Waals surface area contributed by atoms with E-state index in [2.05, 4.69) is 25.7 Å². The summed E-state index contributed by atoms with van der Waals surface area (Å²) in [6.45, 7) is 10.8. The molecular weight excluding hydrogens is 440 g/mol. The molecule has 2 aliphatic rings. The highest BCUT2D eigenvalue weighted by Gasteiger charge is 2.33. The zero-order chi connectivity index (χ0) is 23.0. The van der Waals surface area contributed by atoms with Gasteiger partial charge in [-0.3, -0.25) is 18.9 Å². The van der Waals surface area contributed by atoms with Crippen molar-refractivity contribution in [1.82, 2.24) is 14.3 Å². The smallest absolute Gasteiger partial charge is 0.267 e. The molecule has 32 heavy (non-hydrogen) atoms. The molecule has 2 aromatic heterocycles. The maximum absolute atomic E-state index is 13.6. The van der Waals surface area contributed by atoms with Gasteiger partial charge < -0.3 is 4.90 Å². The molecule has 0 unspecified atom stereocenters. The van der Waals surface area contributed by atoms with Crippen LogP contribution >= 0.6 is 24.0 Å². The first-order chi connectivity index (χ1) is 15.3. The van der Waals surface area contributed by atoms with Gasteiger partial charge in [-0.1, -0.05) is 57.2 Å². The van der Waals surface area contributed by atoms with Crippen LogP contribution in [0.2, 0.25) is 0 Å². The maximum atomic E-state index is 13.6. The van der Waals surface area contributed by atoms with E-state index in [1.807, 2.05) is 19.1 Å². The number of hydrogen-bond acceptors (Lipinski definition) is 6. The topological polar surface area (TPSA) is 57.9 Å². The second-order valence-corrected chi connectivity index (χ2v) is 10.8. The van der Waals surface area contributed by atoms with E-state index in [4.69, 9.17) is 17.2 Å². The molecule has 4 heterocycles. The van der Waals surface area contributed by atoms with Crippen LogP contribution in [0.5, 0.6) is 0 Å². The molecule has 6 nitrogen and oxygen atoms in total. The number of carbonyl (C=O) groups is 1. The Hall–Kier alpha value is -2.19. The number of aromatic nitrogens is 2. The Labute approximate surface area is 198 Å². The molecule has 2 atom stereocenters. The van der Waals surface area contributed by atoms with Crippen molar-refractivity contribution in [2.75, 3.05) is 24.5 Å². The van der Waals surface area contributed by atoms with E-state index in [9.17, 15) is 9.59 Å². The number of unbranched alkanes of at least 4 members (excludes halogenated alkanes) is 1. The van der Waals surface area contributed by atoms with Crippen molar-refractivity contribution in [2.45, 2.75) is 47.0 Å². The first-order valence-corrected chi connectivity index (χ1v) is 12.5. The van der Waals surface area contributed by atoms with Crippen LogP contribution in [-0.2, 0) is 4.79 Å². The largest absolute Gasteiger partial charge is 0.355 e. The van der Waals surface area contributed by atoms with Crippen LogP contribution in [0.4, 0.5) is 5.82 Å². The Morgan fingerprint density at radius 3 is 2.66 bits per heavy atom. The van der Waals surface area contributed by atoms with E-state index in [0.717, 1.165) is 37.9 Å². The summed E-state index contributed by atoms with van der Waals surface area (Å²) in [5, 5.41) is 0. The lowest BCUT2D eigenvalue weighted by Crippen LogP contribution is -2.40. The number of fused-ring (bicyclic) bond motifs is 1. The zero-order valence-corrected chi connectivity index (χ0v) is 20.8. The molecule has 2 fully saturated rings. The Bertz CT molecular complexity index is 1150. The normalized spacial score (nSPS) is 23.1. The summed E-state index contributed by atoms with van der Waals surface area (Å²) in [4.78, 5) is 36.0. The Morgan fingerprint density at radius 1 is 1.25 bits per heavy atom. The van der Waals surface area contributed by atoms with E-state index in [1.165, 1.54) is 11.8 Å². The van der Waals surface area contributed by atoms with E-state index in [0.29, 0.717) is 44.6 Å². The molecular formula is C24H30N4O2S2. The summed E-state index contributed by atoms with van der Waals surface area (Å²) in [5.41, 5.74) is 1.91. The SMILES string of the molecule is CCCCN1C(=O)/C(=C\c2c(N3C[C@@H](C)C[C@H](C)C3)nc3c(C)cccn3c2=O)SC1=S. The van der Waals surface area contributed by atoms with Crippen molar-refractivity contribution >= 4 is 51.7 Å². The molecule has 0 radical (unpaired) electrons. The second-order valence-electron chi connectivity index (χ2n) is 9.08. The monoisotopic (exact) mass is 470 g/mol. The fraction of sp³-hybridized carbons (Fsp3) is 0.500. The average molecular weight is 471 g/mol. The van der Waals surface area contributed by atoms with Crippen molar-refractivity contribution in [3.63, 3.8) is 0 Å². The lowest BCUT2D eigenvalue weighted by Gasteiger charge is -2.36. The van der Waals surface area contributed by atoms with Gasteiger partial charge in [-0.25, -0.2) is 4.98 Å². The molecule has 4 rings (SSSR count). The number of pyridine rings is 1. The third-order valence-electron chi connectivity index (χ3n) is 6.12. The summed E-state index contributed by atoms with van der Waals surface area (Å²) in [5.74, 6) is 1.57. The van der Waals surface area contributed by atoms with Gasteiger partial charge in [0.15, 0.2) is 0 Å². The van der Waals surface area contributed by atoms with Crippen LogP contribution in [0.1, 0.15) is 51.2 Å². The van der Waals surface area contributed by atoms with Gasteiger partial charge in [0, 0.05) is 25.8 Å². The van der Waals surface area contributed by atoms with E-state index in [-0.39, 0.29) is 11.5 Å². The van der Waals surface area contributed by atoms with Crippen LogP contribution in [0.25, 0.3) is 11.7 Å². The minimum Gasteiger partial charge on any atom is -0.355 e. The van der Waals surface area contributed by atoms with Gasteiger partial charge in [0.05, 0.1) is 10.5 Å². The maximum Gasteiger partial charge on any atom is 0.267 e. The first-order valence-electron chi connectivity index (χ1n) is 11.3. The van der Waals surface area contributed by atoms with Gasteiger partial charge in [0.2, 0.25) is 0 Å².